The van der Waals surface area contributed by atoms with Gasteiger partial charge in [-0.1, -0.05) is 121 Å². The Morgan fingerprint density at radius 2 is 0.706 bits per heavy atom. The molecule has 0 atom stereocenters. The number of fused-ring (bicyclic) bond motifs is 2. The number of allylic oxidation sites excluding steroid dienone is 2. The predicted molar refractivity (Wildman–Crippen MR) is 141 cm³/mol. The third kappa shape index (κ3) is 4.22. The van der Waals surface area contributed by atoms with Crippen molar-refractivity contribution in [2.45, 2.75) is 0 Å². The molecule has 0 aliphatic rings. The van der Waals surface area contributed by atoms with Crippen LogP contribution in [0, 0.1) is 0 Å². The molecule has 0 aliphatic carbocycles. The third-order valence-corrected chi connectivity index (χ3v) is 5.88. The van der Waals surface area contributed by atoms with Gasteiger partial charge in [0.05, 0.1) is 0 Å². The van der Waals surface area contributed by atoms with Gasteiger partial charge in [-0.3, -0.25) is 9.59 Å². The van der Waals surface area contributed by atoms with Gasteiger partial charge in [-0.25, -0.2) is 0 Å². The molecule has 5 aromatic rings. The van der Waals surface area contributed by atoms with Crippen molar-refractivity contribution in [3.63, 3.8) is 0 Å². The van der Waals surface area contributed by atoms with E-state index in [9.17, 15) is 9.59 Å². The fraction of sp³-hybridized carbons (Fsp3) is 0. The van der Waals surface area contributed by atoms with Crippen LogP contribution in [0.1, 0.15) is 31.8 Å². The molecule has 0 radical (unpaired) electrons. The second-order valence-electron chi connectivity index (χ2n) is 8.06. The molecule has 5 rings (SSSR count). The van der Waals surface area contributed by atoms with Crippen LogP contribution in [0.25, 0.3) is 33.7 Å². The summed E-state index contributed by atoms with van der Waals surface area (Å²) in [5.74, 6) is -0.176. The molecule has 0 N–H and O–H groups in total. The van der Waals surface area contributed by atoms with E-state index in [2.05, 4.69) is 0 Å². The quantitative estimate of drug-likeness (QED) is 0.154. The van der Waals surface area contributed by atoms with E-state index in [1.54, 1.807) is 12.2 Å². The highest BCUT2D eigenvalue weighted by molar-refractivity contribution is 6.30. The SMILES string of the molecule is O=C(/C=C/c1ccccc1)c1c2ccccc2c(C(=O)/C=C/c2ccccc2)c2ccccc12. The Bertz CT molecular complexity index is 1380. The van der Waals surface area contributed by atoms with E-state index in [1.807, 2.05) is 121 Å². The van der Waals surface area contributed by atoms with Crippen molar-refractivity contribution < 1.29 is 9.59 Å². The highest BCUT2D eigenvalue weighted by atomic mass is 16.1. The van der Waals surface area contributed by atoms with E-state index < -0.39 is 0 Å². The van der Waals surface area contributed by atoms with Crippen molar-refractivity contribution in [2.24, 2.45) is 0 Å². The van der Waals surface area contributed by atoms with Crippen molar-refractivity contribution in [1.29, 1.82) is 0 Å². The van der Waals surface area contributed by atoms with E-state index in [1.165, 1.54) is 0 Å². The second-order valence-corrected chi connectivity index (χ2v) is 8.06. The zero-order valence-corrected chi connectivity index (χ0v) is 18.5. The Morgan fingerprint density at radius 1 is 0.412 bits per heavy atom. The summed E-state index contributed by atoms with van der Waals surface area (Å²) in [4.78, 5) is 26.9. The number of carbonyl (C=O) groups excluding carboxylic acids is 2. The molecule has 2 nitrogen and oxygen atoms in total. The fourth-order valence-corrected chi connectivity index (χ4v) is 4.30. The summed E-state index contributed by atoms with van der Waals surface area (Å²) in [5.41, 5.74) is 3.15. The molecule has 0 heterocycles. The molecule has 0 saturated carbocycles. The lowest BCUT2D eigenvalue weighted by molar-refractivity contribution is 0.104. The highest BCUT2D eigenvalue weighted by Gasteiger charge is 2.19. The zero-order valence-electron chi connectivity index (χ0n) is 18.5. The lowest BCUT2D eigenvalue weighted by Gasteiger charge is -2.14. The standard InChI is InChI=1S/C32H22O2/c33-29(21-19-23-11-3-1-4-12-23)31-25-15-7-9-17-27(25)32(28-18-10-8-16-26(28)31)30(34)22-20-24-13-5-2-6-14-24/h1-22H/b21-19+,22-20+. The van der Waals surface area contributed by atoms with Gasteiger partial charge in [0, 0.05) is 11.1 Å². The Kier molecular flexibility index (Phi) is 5.96. The number of hydrogen-bond donors (Lipinski definition) is 0. The maximum Gasteiger partial charge on any atom is 0.187 e. The fourth-order valence-electron chi connectivity index (χ4n) is 4.30. The summed E-state index contributed by atoms with van der Waals surface area (Å²) in [5, 5.41) is 3.11. The van der Waals surface area contributed by atoms with Crippen molar-refractivity contribution in [1.82, 2.24) is 0 Å². The molecule has 162 valence electrons. The summed E-state index contributed by atoms with van der Waals surface area (Å²) in [6.45, 7) is 0. The molecule has 5 aromatic carbocycles. The smallest absolute Gasteiger partial charge is 0.187 e. The lowest BCUT2D eigenvalue weighted by Crippen LogP contribution is -2.04. The Morgan fingerprint density at radius 3 is 1.03 bits per heavy atom. The number of carbonyl (C=O) groups is 2. The number of hydrogen-bond acceptors (Lipinski definition) is 2. The first-order valence-corrected chi connectivity index (χ1v) is 11.2. The van der Waals surface area contributed by atoms with Crippen molar-refractivity contribution in [3.8, 4) is 0 Å². The first-order chi connectivity index (χ1) is 16.7. The summed E-state index contributed by atoms with van der Waals surface area (Å²) < 4.78 is 0. The molecular weight excluding hydrogens is 416 g/mol. The molecule has 34 heavy (non-hydrogen) atoms. The molecule has 2 heteroatoms. The number of ketones is 2. The van der Waals surface area contributed by atoms with Crippen LogP contribution in [0.3, 0.4) is 0 Å². The van der Waals surface area contributed by atoms with Gasteiger partial charge in [0.25, 0.3) is 0 Å². The Labute approximate surface area is 198 Å². The summed E-state index contributed by atoms with van der Waals surface area (Å²) in [7, 11) is 0. The van der Waals surface area contributed by atoms with E-state index in [0.717, 1.165) is 32.7 Å². The van der Waals surface area contributed by atoms with Crippen LogP contribution in [-0.2, 0) is 0 Å². The molecule has 0 aliphatic heterocycles. The Hall–Kier alpha value is -4.56. The van der Waals surface area contributed by atoms with E-state index in [4.69, 9.17) is 0 Å². The van der Waals surface area contributed by atoms with Crippen LogP contribution < -0.4 is 0 Å². The third-order valence-electron chi connectivity index (χ3n) is 5.88. The molecule has 0 bridgehead atoms. The normalized spacial score (nSPS) is 11.5. The molecule has 0 fully saturated rings. The van der Waals surface area contributed by atoms with Gasteiger partial charge in [0.2, 0.25) is 0 Å². The average molecular weight is 439 g/mol. The van der Waals surface area contributed by atoms with Gasteiger partial charge in [-0.2, -0.15) is 0 Å². The number of benzene rings is 5. The minimum absolute atomic E-state index is 0.0879. The van der Waals surface area contributed by atoms with E-state index in [-0.39, 0.29) is 11.6 Å². The van der Waals surface area contributed by atoms with Gasteiger partial charge in [-0.15, -0.1) is 0 Å². The summed E-state index contributed by atoms with van der Waals surface area (Å²) >= 11 is 0. The van der Waals surface area contributed by atoms with Gasteiger partial charge >= 0.3 is 0 Å². The lowest BCUT2D eigenvalue weighted by atomic mass is 9.88. The minimum atomic E-state index is -0.0879. The maximum absolute atomic E-state index is 13.5. The molecule has 0 saturated heterocycles. The summed E-state index contributed by atoms with van der Waals surface area (Å²) in [6.07, 6.45) is 6.88. The maximum atomic E-state index is 13.5. The van der Waals surface area contributed by atoms with Gasteiger partial charge in [0.15, 0.2) is 11.6 Å². The van der Waals surface area contributed by atoms with Crippen LogP contribution in [-0.4, -0.2) is 11.6 Å². The topological polar surface area (TPSA) is 34.1 Å². The van der Waals surface area contributed by atoms with Crippen LogP contribution in [0.4, 0.5) is 0 Å². The predicted octanol–water partition coefficient (Wildman–Crippen LogP) is 7.79. The highest BCUT2D eigenvalue weighted by Crippen LogP contribution is 2.34. The monoisotopic (exact) mass is 438 g/mol. The molecule has 0 aromatic heterocycles. The van der Waals surface area contributed by atoms with Crippen molar-refractivity contribution >= 4 is 45.3 Å². The van der Waals surface area contributed by atoms with Crippen LogP contribution in [0.15, 0.2) is 121 Å². The zero-order chi connectivity index (χ0) is 23.3. The van der Waals surface area contributed by atoms with Crippen LogP contribution in [0.2, 0.25) is 0 Å². The van der Waals surface area contributed by atoms with Crippen LogP contribution in [0.5, 0.6) is 0 Å². The summed E-state index contributed by atoms with van der Waals surface area (Å²) in [6, 6.07) is 34.8. The van der Waals surface area contributed by atoms with E-state index in [0.29, 0.717) is 11.1 Å². The van der Waals surface area contributed by atoms with Crippen molar-refractivity contribution in [2.75, 3.05) is 0 Å². The van der Waals surface area contributed by atoms with E-state index >= 15 is 0 Å². The van der Waals surface area contributed by atoms with Crippen LogP contribution >= 0.6 is 0 Å². The van der Waals surface area contributed by atoms with Gasteiger partial charge in [-0.05, 0) is 44.8 Å². The van der Waals surface area contributed by atoms with Crippen molar-refractivity contribution in [3.05, 3.63) is 144 Å². The largest absolute Gasteiger partial charge is 0.289 e. The first kappa shape index (κ1) is 21.3. The van der Waals surface area contributed by atoms with Gasteiger partial charge in [0.1, 0.15) is 0 Å². The molecule has 0 amide bonds. The molecule has 0 unspecified atom stereocenters. The molecular formula is C32H22O2. The average Bonchev–Trinajstić information content (AvgIpc) is 2.90. The Balaban J connectivity index is 1.67. The molecule has 0 spiro atoms. The van der Waals surface area contributed by atoms with Gasteiger partial charge < -0.3 is 0 Å². The minimum Gasteiger partial charge on any atom is -0.289 e. The first-order valence-electron chi connectivity index (χ1n) is 11.2. The second kappa shape index (κ2) is 9.51. The number of rotatable bonds is 6.